The summed E-state index contributed by atoms with van der Waals surface area (Å²) in [4.78, 5) is 16.8. The summed E-state index contributed by atoms with van der Waals surface area (Å²) in [5, 5.41) is 10.2. The molecule has 5 nitrogen and oxygen atoms in total. The number of aliphatic hydroxyl groups is 1. The van der Waals surface area contributed by atoms with Crippen LogP contribution >= 0.6 is 11.6 Å². The molecule has 1 aliphatic rings. The van der Waals surface area contributed by atoms with Gasteiger partial charge < -0.3 is 19.6 Å². The number of likely N-dealkylation sites (tertiary alicyclic amines) is 1. The zero-order valence-electron chi connectivity index (χ0n) is 14.4. The Morgan fingerprint density at radius 1 is 1.33 bits per heavy atom. The number of benzene rings is 1. The summed E-state index contributed by atoms with van der Waals surface area (Å²) < 4.78 is 5.11. The Kier molecular flexibility index (Phi) is 7.49. The van der Waals surface area contributed by atoms with Crippen molar-refractivity contribution in [2.75, 3.05) is 53.6 Å². The summed E-state index contributed by atoms with van der Waals surface area (Å²) in [5.74, 6) is 0.499. The highest BCUT2D eigenvalue weighted by Crippen LogP contribution is 2.24. The third-order valence-electron chi connectivity index (χ3n) is 4.51. The Labute approximate surface area is 149 Å². The van der Waals surface area contributed by atoms with E-state index in [4.69, 9.17) is 16.3 Å². The molecule has 1 heterocycles. The quantitative estimate of drug-likeness (QED) is 0.813. The van der Waals surface area contributed by atoms with Crippen molar-refractivity contribution in [1.29, 1.82) is 0 Å². The SMILES string of the molecule is COCCN(C)CC1CC(CO)CN(C(=O)c2ccc(Cl)cc2)C1. The highest BCUT2D eigenvalue weighted by molar-refractivity contribution is 6.30. The molecule has 1 aliphatic heterocycles. The van der Waals surface area contributed by atoms with E-state index in [0.717, 1.165) is 26.1 Å². The van der Waals surface area contributed by atoms with Gasteiger partial charge in [0.1, 0.15) is 0 Å². The number of nitrogens with zero attached hydrogens (tertiary/aromatic N) is 2. The molecule has 0 aliphatic carbocycles. The standard InChI is InChI=1S/C18H27ClN2O3/c1-20(7-8-24-2)10-14-9-15(13-22)12-21(11-14)18(23)16-3-5-17(19)6-4-16/h3-6,14-15,22H,7-13H2,1-2H3. The molecule has 2 rings (SSSR count). The summed E-state index contributed by atoms with van der Waals surface area (Å²) in [5.41, 5.74) is 0.643. The first-order valence-electron chi connectivity index (χ1n) is 8.36. The number of amides is 1. The average molecular weight is 355 g/mol. The molecule has 0 saturated carbocycles. The number of carbonyl (C=O) groups is 1. The van der Waals surface area contributed by atoms with Crippen LogP contribution in [0.2, 0.25) is 5.02 Å². The molecule has 2 unspecified atom stereocenters. The fraction of sp³-hybridized carbons (Fsp3) is 0.611. The fourth-order valence-corrected chi connectivity index (χ4v) is 3.43. The van der Waals surface area contributed by atoms with Crippen molar-refractivity contribution in [3.8, 4) is 0 Å². The summed E-state index contributed by atoms with van der Waals surface area (Å²) in [7, 11) is 3.76. The zero-order valence-corrected chi connectivity index (χ0v) is 15.2. The Balaban J connectivity index is 2.01. The highest BCUT2D eigenvalue weighted by Gasteiger charge is 2.30. The minimum Gasteiger partial charge on any atom is -0.396 e. The molecule has 0 bridgehead atoms. The van der Waals surface area contributed by atoms with E-state index in [-0.39, 0.29) is 18.4 Å². The van der Waals surface area contributed by atoms with Gasteiger partial charge in [-0.2, -0.15) is 0 Å². The van der Waals surface area contributed by atoms with E-state index in [1.165, 1.54) is 0 Å². The van der Waals surface area contributed by atoms with E-state index in [9.17, 15) is 9.90 Å². The van der Waals surface area contributed by atoms with Gasteiger partial charge in [0.2, 0.25) is 0 Å². The molecule has 1 fully saturated rings. The van der Waals surface area contributed by atoms with Crippen LogP contribution in [0.3, 0.4) is 0 Å². The monoisotopic (exact) mass is 354 g/mol. The van der Waals surface area contributed by atoms with Gasteiger partial charge in [-0.15, -0.1) is 0 Å². The predicted molar refractivity (Wildman–Crippen MR) is 95.4 cm³/mol. The van der Waals surface area contributed by atoms with Crippen molar-refractivity contribution in [2.45, 2.75) is 6.42 Å². The molecule has 2 atom stereocenters. The second kappa shape index (κ2) is 9.37. The molecule has 134 valence electrons. The first-order chi connectivity index (χ1) is 11.5. The molecule has 1 aromatic carbocycles. The van der Waals surface area contributed by atoms with Gasteiger partial charge in [0.25, 0.3) is 5.91 Å². The normalized spacial score (nSPS) is 21.3. The van der Waals surface area contributed by atoms with E-state index in [0.29, 0.717) is 29.7 Å². The molecule has 1 saturated heterocycles. The number of hydrogen-bond acceptors (Lipinski definition) is 4. The van der Waals surface area contributed by atoms with E-state index >= 15 is 0 Å². The minimum absolute atomic E-state index is 0.00867. The zero-order chi connectivity index (χ0) is 17.5. The molecule has 1 aromatic rings. The average Bonchev–Trinajstić information content (AvgIpc) is 2.59. The number of halogens is 1. The lowest BCUT2D eigenvalue weighted by Gasteiger charge is -2.38. The smallest absolute Gasteiger partial charge is 0.253 e. The number of ether oxygens (including phenoxy) is 1. The van der Waals surface area contributed by atoms with Gasteiger partial charge in [0.15, 0.2) is 0 Å². The summed E-state index contributed by atoms with van der Waals surface area (Å²) in [6, 6.07) is 6.98. The molecular weight excluding hydrogens is 328 g/mol. The second-order valence-corrected chi connectivity index (χ2v) is 7.06. The van der Waals surface area contributed by atoms with Crippen molar-refractivity contribution < 1.29 is 14.6 Å². The van der Waals surface area contributed by atoms with Gasteiger partial charge in [0, 0.05) is 50.5 Å². The molecule has 1 N–H and O–H groups in total. The first kappa shape index (κ1) is 19.2. The van der Waals surface area contributed by atoms with Crippen molar-refractivity contribution >= 4 is 17.5 Å². The van der Waals surface area contributed by atoms with E-state index in [1.807, 2.05) is 4.90 Å². The molecule has 24 heavy (non-hydrogen) atoms. The maximum Gasteiger partial charge on any atom is 0.253 e. The Bertz CT molecular complexity index is 524. The van der Waals surface area contributed by atoms with Gasteiger partial charge in [-0.25, -0.2) is 0 Å². The number of rotatable bonds is 7. The number of methoxy groups -OCH3 is 1. The van der Waals surface area contributed by atoms with Crippen LogP contribution in [0.1, 0.15) is 16.8 Å². The lowest BCUT2D eigenvalue weighted by atomic mass is 9.89. The predicted octanol–water partition coefficient (Wildman–Crippen LogP) is 1.99. The molecule has 0 aromatic heterocycles. The van der Waals surface area contributed by atoms with Gasteiger partial charge in [-0.1, -0.05) is 11.6 Å². The summed E-state index contributed by atoms with van der Waals surface area (Å²) >= 11 is 5.90. The van der Waals surface area contributed by atoms with Crippen LogP contribution in [0, 0.1) is 11.8 Å². The van der Waals surface area contributed by atoms with E-state index < -0.39 is 0 Å². The summed E-state index contributed by atoms with van der Waals surface area (Å²) in [6.45, 7) is 3.89. The lowest BCUT2D eigenvalue weighted by Crippen LogP contribution is -2.47. The first-order valence-corrected chi connectivity index (χ1v) is 8.74. The van der Waals surface area contributed by atoms with Gasteiger partial charge in [-0.05, 0) is 49.6 Å². The number of carbonyl (C=O) groups excluding carboxylic acids is 1. The fourth-order valence-electron chi connectivity index (χ4n) is 3.30. The van der Waals surface area contributed by atoms with Gasteiger partial charge in [0.05, 0.1) is 6.61 Å². The van der Waals surface area contributed by atoms with Crippen LogP contribution in [-0.2, 0) is 4.74 Å². The maximum atomic E-state index is 12.7. The molecular formula is C18H27ClN2O3. The second-order valence-electron chi connectivity index (χ2n) is 6.62. The van der Waals surface area contributed by atoms with E-state index in [2.05, 4.69) is 11.9 Å². The lowest BCUT2D eigenvalue weighted by molar-refractivity contribution is 0.0451. The van der Waals surface area contributed by atoms with Gasteiger partial charge in [-0.3, -0.25) is 4.79 Å². The number of piperidine rings is 1. The molecule has 6 heteroatoms. The Morgan fingerprint density at radius 3 is 2.62 bits per heavy atom. The number of hydrogen-bond donors (Lipinski definition) is 1. The third kappa shape index (κ3) is 5.45. The number of aliphatic hydroxyl groups excluding tert-OH is 1. The van der Waals surface area contributed by atoms with Crippen molar-refractivity contribution in [2.24, 2.45) is 11.8 Å². The molecule has 0 spiro atoms. The van der Waals surface area contributed by atoms with Crippen LogP contribution in [0.5, 0.6) is 0 Å². The molecule has 1 amide bonds. The minimum atomic E-state index is 0.00867. The third-order valence-corrected chi connectivity index (χ3v) is 4.76. The largest absolute Gasteiger partial charge is 0.396 e. The molecule has 0 radical (unpaired) electrons. The van der Waals surface area contributed by atoms with Crippen LogP contribution in [0.4, 0.5) is 0 Å². The summed E-state index contributed by atoms with van der Waals surface area (Å²) in [6.07, 6.45) is 0.943. The van der Waals surface area contributed by atoms with Crippen molar-refractivity contribution in [1.82, 2.24) is 9.80 Å². The topological polar surface area (TPSA) is 53.0 Å². The van der Waals surface area contributed by atoms with Crippen LogP contribution in [-0.4, -0.2) is 74.4 Å². The maximum absolute atomic E-state index is 12.7. The number of likely N-dealkylation sites (N-methyl/N-ethyl adjacent to an activating group) is 1. The van der Waals surface area contributed by atoms with Crippen molar-refractivity contribution in [3.05, 3.63) is 34.9 Å². The van der Waals surface area contributed by atoms with E-state index in [1.54, 1.807) is 31.4 Å². The van der Waals surface area contributed by atoms with Crippen LogP contribution < -0.4 is 0 Å². The Morgan fingerprint density at radius 2 is 2.00 bits per heavy atom. The van der Waals surface area contributed by atoms with Gasteiger partial charge >= 0.3 is 0 Å². The van der Waals surface area contributed by atoms with Crippen LogP contribution in [0.25, 0.3) is 0 Å². The van der Waals surface area contributed by atoms with Crippen molar-refractivity contribution in [3.63, 3.8) is 0 Å². The highest BCUT2D eigenvalue weighted by atomic mass is 35.5. The van der Waals surface area contributed by atoms with Crippen LogP contribution in [0.15, 0.2) is 24.3 Å². The Hall–Kier alpha value is -1.14.